The van der Waals surface area contributed by atoms with Crippen molar-refractivity contribution in [2.75, 3.05) is 25.0 Å². The van der Waals surface area contributed by atoms with Crippen molar-refractivity contribution >= 4 is 21.5 Å². The highest BCUT2D eigenvalue weighted by Crippen LogP contribution is 2.32. The molecule has 1 saturated carbocycles. The first-order valence-electron chi connectivity index (χ1n) is 6.30. The molecule has 0 bridgehead atoms. The van der Waals surface area contributed by atoms with Crippen LogP contribution in [-0.4, -0.2) is 40.5 Å². The summed E-state index contributed by atoms with van der Waals surface area (Å²) in [5.41, 5.74) is 0. The second-order valence-corrected chi connectivity index (χ2v) is 6.03. The Morgan fingerprint density at radius 1 is 1.56 bits per heavy atom. The van der Waals surface area contributed by atoms with Gasteiger partial charge >= 0.3 is 5.00 Å². The molecule has 1 atom stereocenters. The van der Waals surface area contributed by atoms with Gasteiger partial charge in [0.15, 0.2) is 5.13 Å². The van der Waals surface area contributed by atoms with Crippen molar-refractivity contribution in [2.45, 2.75) is 25.3 Å². The molecule has 0 spiro atoms. The molecule has 98 valence electrons. The van der Waals surface area contributed by atoms with Gasteiger partial charge in [0.1, 0.15) is 6.20 Å². The monoisotopic (exact) mass is 268 g/mol. The van der Waals surface area contributed by atoms with Gasteiger partial charge < -0.3 is 10.2 Å². The van der Waals surface area contributed by atoms with Crippen LogP contribution in [0.2, 0.25) is 0 Å². The topological polar surface area (TPSA) is 71.3 Å². The average molecular weight is 268 g/mol. The zero-order chi connectivity index (χ0) is 12.5. The largest absolute Gasteiger partial charge is 0.361 e. The van der Waals surface area contributed by atoms with Crippen LogP contribution in [0.1, 0.15) is 19.3 Å². The molecular formula is C11H16N4O2S. The Bertz CT molecular complexity index is 446. The Labute approximate surface area is 109 Å². The second kappa shape index (κ2) is 4.81. The number of nitro groups is 1. The fraction of sp³-hybridized carbons (Fsp3) is 0.727. The molecule has 0 aromatic carbocycles. The van der Waals surface area contributed by atoms with Crippen LogP contribution >= 0.6 is 11.3 Å². The highest BCUT2D eigenvalue weighted by molar-refractivity contribution is 7.18. The van der Waals surface area contributed by atoms with E-state index < -0.39 is 4.92 Å². The van der Waals surface area contributed by atoms with E-state index in [1.165, 1.54) is 32.0 Å². The molecule has 2 aliphatic rings. The number of aromatic nitrogens is 1. The smallest absolute Gasteiger partial charge is 0.345 e. The van der Waals surface area contributed by atoms with Crippen molar-refractivity contribution in [3.8, 4) is 0 Å². The van der Waals surface area contributed by atoms with E-state index in [1.807, 2.05) is 0 Å². The third-order valence-electron chi connectivity index (χ3n) is 3.60. The summed E-state index contributed by atoms with van der Waals surface area (Å²) in [5.74, 6) is 0.647. The summed E-state index contributed by atoms with van der Waals surface area (Å²) in [7, 11) is 0. The average Bonchev–Trinajstić information content (AvgIpc) is 2.92. The quantitative estimate of drug-likeness (QED) is 0.653. The van der Waals surface area contributed by atoms with Gasteiger partial charge in [0.25, 0.3) is 0 Å². The molecular weight excluding hydrogens is 252 g/mol. The molecule has 1 aliphatic heterocycles. The van der Waals surface area contributed by atoms with Crippen LogP contribution in [0.4, 0.5) is 10.1 Å². The van der Waals surface area contributed by atoms with Crippen molar-refractivity contribution in [1.29, 1.82) is 0 Å². The summed E-state index contributed by atoms with van der Waals surface area (Å²) in [5, 5.41) is 14.5. The lowest BCUT2D eigenvalue weighted by Crippen LogP contribution is -2.24. The van der Waals surface area contributed by atoms with Gasteiger partial charge in [0.2, 0.25) is 0 Å². The third kappa shape index (κ3) is 2.62. The van der Waals surface area contributed by atoms with Gasteiger partial charge in [0, 0.05) is 19.1 Å². The minimum absolute atomic E-state index is 0.100. The molecule has 1 aromatic rings. The Kier molecular flexibility index (Phi) is 3.17. The zero-order valence-electron chi connectivity index (χ0n) is 10.0. The molecule has 7 heteroatoms. The number of anilines is 1. The van der Waals surface area contributed by atoms with Gasteiger partial charge in [-0.15, -0.1) is 0 Å². The summed E-state index contributed by atoms with van der Waals surface area (Å²) in [4.78, 5) is 16.7. The maximum absolute atomic E-state index is 10.5. The Hall–Kier alpha value is -1.21. The maximum atomic E-state index is 10.5. The van der Waals surface area contributed by atoms with E-state index in [0.29, 0.717) is 11.0 Å². The van der Waals surface area contributed by atoms with Crippen molar-refractivity contribution in [3.63, 3.8) is 0 Å². The first-order valence-corrected chi connectivity index (χ1v) is 7.12. The van der Waals surface area contributed by atoms with Gasteiger partial charge in [-0.25, -0.2) is 4.98 Å². The van der Waals surface area contributed by atoms with Gasteiger partial charge in [-0.2, -0.15) is 0 Å². The van der Waals surface area contributed by atoms with Crippen molar-refractivity contribution in [2.24, 2.45) is 5.92 Å². The van der Waals surface area contributed by atoms with Gasteiger partial charge in [-0.05, 0) is 43.1 Å². The molecule has 6 nitrogen and oxygen atoms in total. The van der Waals surface area contributed by atoms with E-state index in [1.54, 1.807) is 0 Å². The first-order chi connectivity index (χ1) is 8.72. The number of thiazole rings is 1. The van der Waals surface area contributed by atoms with E-state index in [9.17, 15) is 10.1 Å². The van der Waals surface area contributed by atoms with E-state index in [0.717, 1.165) is 30.5 Å². The molecule has 3 rings (SSSR count). The lowest BCUT2D eigenvalue weighted by Gasteiger charge is -2.14. The number of hydrogen-bond acceptors (Lipinski definition) is 6. The van der Waals surface area contributed by atoms with Gasteiger partial charge in [-0.3, -0.25) is 10.1 Å². The highest BCUT2D eigenvalue weighted by Gasteiger charge is 2.34. The van der Waals surface area contributed by atoms with E-state index in [-0.39, 0.29) is 5.00 Å². The predicted molar refractivity (Wildman–Crippen MR) is 70.0 cm³/mol. The summed E-state index contributed by atoms with van der Waals surface area (Å²) >= 11 is 1.11. The van der Waals surface area contributed by atoms with Gasteiger partial charge in [-0.1, -0.05) is 0 Å². The van der Waals surface area contributed by atoms with Crippen molar-refractivity contribution < 1.29 is 4.92 Å². The van der Waals surface area contributed by atoms with Crippen LogP contribution in [0.5, 0.6) is 0 Å². The number of nitrogens with one attached hydrogen (secondary N) is 1. The van der Waals surface area contributed by atoms with Crippen molar-refractivity contribution in [3.05, 3.63) is 16.3 Å². The normalized spacial score (nSPS) is 24.3. The summed E-state index contributed by atoms with van der Waals surface area (Å²) in [6.07, 6.45) is 5.26. The van der Waals surface area contributed by atoms with Crippen LogP contribution in [0.15, 0.2) is 6.20 Å². The molecule has 2 fully saturated rings. The van der Waals surface area contributed by atoms with E-state index in [4.69, 9.17) is 0 Å². The lowest BCUT2D eigenvalue weighted by atomic mass is 10.1. The molecule has 1 saturated heterocycles. The van der Waals surface area contributed by atoms with Crippen LogP contribution in [0.3, 0.4) is 0 Å². The molecule has 1 unspecified atom stereocenters. The minimum atomic E-state index is -0.396. The number of likely N-dealkylation sites (tertiary alicyclic amines) is 1. The van der Waals surface area contributed by atoms with E-state index in [2.05, 4.69) is 15.2 Å². The molecule has 0 amide bonds. The summed E-state index contributed by atoms with van der Waals surface area (Å²) in [6.45, 7) is 3.23. The minimum Gasteiger partial charge on any atom is -0.361 e. The van der Waals surface area contributed by atoms with Crippen molar-refractivity contribution in [1.82, 2.24) is 9.88 Å². The molecule has 1 aromatic heterocycles. The molecule has 18 heavy (non-hydrogen) atoms. The zero-order valence-corrected chi connectivity index (χ0v) is 10.9. The highest BCUT2D eigenvalue weighted by atomic mass is 32.1. The maximum Gasteiger partial charge on any atom is 0.345 e. The number of hydrogen-bond donors (Lipinski definition) is 1. The second-order valence-electron chi connectivity index (χ2n) is 5.02. The number of rotatable bonds is 5. The summed E-state index contributed by atoms with van der Waals surface area (Å²) < 4.78 is 0. The van der Waals surface area contributed by atoms with E-state index >= 15 is 0 Å². The fourth-order valence-corrected chi connectivity index (χ4v) is 3.10. The molecule has 0 radical (unpaired) electrons. The predicted octanol–water partition coefficient (Wildman–Crippen LogP) is 1.95. The third-order valence-corrected chi connectivity index (χ3v) is 4.50. The lowest BCUT2D eigenvalue weighted by molar-refractivity contribution is -0.380. The first kappa shape index (κ1) is 11.9. The Morgan fingerprint density at radius 2 is 2.39 bits per heavy atom. The standard InChI is InChI=1S/C11H16N4O2S/c16-15(17)10-6-13-11(18-10)12-5-8-3-4-14(7-8)9-1-2-9/h6,8-9H,1-5,7H2,(H,12,13). The van der Waals surface area contributed by atoms with Crippen LogP contribution in [0, 0.1) is 16.0 Å². The van der Waals surface area contributed by atoms with Gasteiger partial charge in [0.05, 0.1) is 4.92 Å². The van der Waals surface area contributed by atoms with Crippen LogP contribution in [0.25, 0.3) is 0 Å². The molecule has 1 aliphatic carbocycles. The molecule has 1 N–H and O–H groups in total. The SMILES string of the molecule is O=[N+]([O-])c1cnc(NCC2CCN(C3CC3)C2)s1. The fourth-order valence-electron chi connectivity index (χ4n) is 2.46. The van der Waals surface area contributed by atoms with Crippen LogP contribution in [-0.2, 0) is 0 Å². The summed E-state index contributed by atoms with van der Waals surface area (Å²) in [6, 6.07) is 0.843. The Morgan fingerprint density at radius 3 is 3.06 bits per heavy atom. The molecule has 2 heterocycles. The van der Waals surface area contributed by atoms with Crippen LogP contribution < -0.4 is 5.32 Å². The Balaban J connectivity index is 1.47. The number of nitrogens with zero attached hydrogens (tertiary/aromatic N) is 3.